The van der Waals surface area contributed by atoms with Crippen LogP contribution in [0.1, 0.15) is 138 Å². The second-order valence-corrected chi connectivity index (χ2v) is 13.3. The van der Waals surface area contributed by atoms with E-state index in [2.05, 4.69) is 20.8 Å². The maximum absolute atomic E-state index is 10.4. The number of unbranched alkanes of at least 4 members (excludes halogenated alkanes) is 9. The minimum atomic E-state index is -2.18. The van der Waals surface area contributed by atoms with Crippen LogP contribution in [0.3, 0.4) is 0 Å². The zero-order valence-electron chi connectivity index (χ0n) is 22.5. The minimum Gasteiger partial charge on any atom is -0.595 e. The van der Waals surface area contributed by atoms with Gasteiger partial charge >= 0.3 is 41.2 Å². The summed E-state index contributed by atoms with van der Waals surface area (Å²) in [6.45, 7) is 11.8. The predicted octanol–water partition coefficient (Wildman–Crippen LogP) is 7.34. The Bertz CT molecular complexity index is 417. The van der Waals surface area contributed by atoms with E-state index in [0.29, 0.717) is 0 Å². The maximum Gasteiger partial charge on any atom is 3.00 e. The molecule has 1 radical (unpaired) electrons. The molecule has 6 unspecified atom stereocenters. The van der Waals surface area contributed by atoms with Crippen LogP contribution in [-0.2, 0) is 30.8 Å². The van der Waals surface area contributed by atoms with Gasteiger partial charge in [-0.05, 0) is 59.3 Å². The molecule has 0 aromatic heterocycles. The second kappa shape index (κ2) is 31.7. The average molecular weight is 584 g/mol. The van der Waals surface area contributed by atoms with E-state index in [-0.39, 0.29) is 34.0 Å². The third kappa shape index (κ3) is 34.9. The fourth-order valence-electron chi connectivity index (χ4n) is 2.92. The van der Waals surface area contributed by atoms with E-state index >= 15 is 0 Å². The van der Waals surface area contributed by atoms with Crippen molar-refractivity contribution in [2.45, 2.75) is 155 Å². The predicted molar refractivity (Wildman–Crippen MR) is 137 cm³/mol. The standard InChI is InChI=1S/3C8H17O2P.Fe/c3*1-3-4-5-6-7-8(2)11(9)10;/h3*8H,3-7H2,1-2H3;/q;;;+3. The molecule has 6 nitrogen and oxygen atoms in total. The maximum atomic E-state index is 10.4. The Hall–Kier alpha value is 0.699. The van der Waals surface area contributed by atoms with Gasteiger partial charge in [-0.25, -0.2) is 0 Å². The van der Waals surface area contributed by atoms with Gasteiger partial charge in [-0.15, -0.1) is 0 Å². The first-order valence-corrected chi connectivity index (χ1v) is 16.7. The van der Waals surface area contributed by atoms with Crippen molar-refractivity contribution in [1.29, 1.82) is 0 Å². The number of hydrogen-bond donors (Lipinski definition) is 0. The van der Waals surface area contributed by atoms with Gasteiger partial charge in [0, 0.05) is 0 Å². The van der Waals surface area contributed by atoms with Gasteiger partial charge in [0.15, 0.2) is 0 Å². The Morgan fingerprint density at radius 2 is 0.676 bits per heavy atom. The summed E-state index contributed by atoms with van der Waals surface area (Å²) in [5.74, 6) is 0. The SMILES string of the molecule is CCCCCCC(C)[P+](=O)[O-].CCCCCCC(C)[P+](=O)[O-].CCCCCCC(C)[P+](=O)[O-].[Fe+3]. The smallest absolute Gasteiger partial charge is 0.595 e. The van der Waals surface area contributed by atoms with Gasteiger partial charge < -0.3 is 14.7 Å². The summed E-state index contributed by atoms with van der Waals surface area (Å²) in [6, 6.07) is 0. The summed E-state index contributed by atoms with van der Waals surface area (Å²) >= 11 is 0. The number of rotatable bonds is 18. The molecule has 34 heavy (non-hydrogen) atoms. The minimum absolute atomic E-state index is 0. The van der Waals surface area contributed by atoms with Gasteiger partial charge in [0.05, 0.1) is 0 Å². The third-order valence-electron chi connectivity index (χ3n) is 5.51. The molecule has 203 valence electrons. The van der Waals surface area contributed by atoms with Gasteiger partial charge in [0.25, 0.3) is 0 Å². The fourth-order valence-corrected chi connectivity index (χ4v) is 4.10. The number of hydrogen-bond acceptors (Lipinski definition) is 6. The van der Waals surface area contributed by atoms with Crippen LogP contribution in [0.15, 0.2) is 0 Å². The van der Waals surface area contributed by atoms with Crippen molar-refractivity contribution in [1.82, 2.24) is 0 Å². The molecular formula is C24H51FeO6P3+3. The summed E-state index contributed by atoms with van der Waals surface area (Å²) in [4.78, 5) is 31.2. The van der Waals surface area contributed by atoms with Crippen LogP contribution < -0.4 is 14.7 Å². The van der Waals surface area contributed by atoms with Crippen molar-refractivity contribution in [2.24, 2.45) is 0 Å². The molecule has 0 N–H and O–H groups in total. The largest absolute Gasteiger partial charge is 3.00 e. The molecule has 0 aromatic carbocycles. The van der Waals surface area contributed by atoms with Crippen molar-refractivity contribution >= 4 is 24.1 Å². The summed E-state index contributed by atoms with van der Waals surface area (Å²) in [6.07, 6.45) is 16.5. The van der Waals surface area contributed by atoms with E-state index in [1.165, 1.54) is 57.8 Å². The first-order chi connectivity index (χ1) is 15.5. The van der Waals surface area contributed by atoms with Gasteiger partial charge in [0.1, 0.15) is 17.0 Å². The second-order valence-electron chi connectivity index (χ2n) is 8.95. The molecule has 0 rings (SSSR count). The van der Waals surface area contributed by atoms with Gasteiger partial charge in [-0.3, -0.25) is 0 Å². The Kier molecular flexibility index (Phi) is 39.0. The Morgan fingerprint density at radius 3 is 0.824 bits per heavy atom. The molecular weight excluding hydrogens is 533 g/mol. The molecule has 0 aromatic rings. The normalized spacial score (nSPS) is 14.2. The van der Waals surface area contributed by atoms with E-state index < -0.39 is 24.1 Å². The molecule has 0 saturated heterocycles. The first kappa shape index (κ1) is 41.8. The Labute approximate surface area is 223 Å². The quantitative estimate of drug-likeness (QED) is 0.0944. The molecule has 0 aliphatic carbocycles. The van der Waals surface area contributed by atoms with Crippen LogP contribution in [0.4, 0.5) is 0 Å². The zero-order chi connectivity index (χ0) is 26.1. The van der Waals surface area contributed by atoms with Crippen LogP contribution in [0.25, 0.3) is 0 Å². The van der Waals surface area contributed by atoms with E-state index in [4.69, 9.17) is 0 Å². The molecule has 0 spiro atoms. The van der Waals surface area contributed by atoms with Crippen molar-refractivity contribution in [3.8, 4) is 0 Å². The molecule has 0 amide bonds. The third-order valence-corrected chi connectivity index (χ3v) is 8.44. The van der Waals surface area contributed by atoms with Gasteiger partial charge in [-0.2, -0.15) is 0 Å². The van der Waals surface area contributed by atoms with Crippen LogP contribution in [-0.4, -0.2) is 17.0 Å². The molecule has 0 aliphatic heterocycles. The van der Waals surface area contributed by atoms with Crippen molar-refractivity contribution in [3.63, 3.8) is 0 Å². The summed E-state index contributed by atoms with van der Waals surface area (Å²) in [5.41, 5.74) is -0.370. The molecule has 10 heteroatoms. The van der Waals surface area contributed by atoms with Crippen LogP contribution >= 0.6 is 24.1 Å². The van der Waals surface area contributed by atoms with Gasteiger partial charge in [-0.1, -0.05) is 92.3 Å². The topological polar surface area (TPSA) is 120 Å². The molecule has 0 saturated carbocycles. The van der Waals surface area contributed by atoms with Crippen molar-refractivity contribution in [2.75, 3.05) is 0 Å². The fraction of sp³-hybridized carbons (Fsp3) is 1.00. The van der Waals surface area contributed by atoms with Crippen LogP contribution in [0.5, 0.6) is 0 Å². The van der Waals surface area contributed by atoms with Crippen LogP contribution in [0.2, 0.25) is 0 Å². The molecule has 6 atom stereocenters. The first-order valence-electron chi connectivity index (χ1n) is 12.9. The van der Waals surface area contributed by atoms with E-state index in [0.717, 1.165) is 38.5 Å². The Balaban J connectivity index is -0.000000196. The molecule has 0 bridgehead atoms. The monoisotopic (exact) mass is 584 g/mol. The van der Waals surface area contributed by atoms with Gasteiger partial charge in [0.2, 0.25) is 0 Å². The summed E-state index contributed by atoms with van der Waals surface area (Å²) in [7, 11) is -6.55. The summed E-state index contributed by atoms with van der Waals surface area (Å²) in [5, 5.41) is 0. The average Bonchev–Trinajstić information content (AvgIpc) is 2.77. The van der Waals surface area contributed by atoms with Crippen molar-refractivity contribution < 1.29 is 45.4 Å². The molecule has 0 aliphatic rings. The van der Waals surface area contributed by atoms with Crippen LogP contribution in [0, 0.1) is 0 Å². The van der Waals surface area contributed by atoms with E-state index in [1.54, 1.807) is 20.8 Å². The molecule has 0 heterocycles. The molecule has 0 fully saturated rings. The Morgan fingerprint density at radius 1 is 0.471 bits per heavy atom. The summed E-state index contributed by atoms with van der Waals surface area (Å²) < 4.78 is 31.2. The van der Waals surface area contributed by atoms with Crippen molar-refractivity contribution in [3.05, 3.63) is 0 Å². The zero-order valence-corrected chi connectivity index (χ0v) is 26.3. The van der Waals surface area contributed by atoms with E-state index in [1.807, 2.05) is 0 Å². The van der Waals surface area contributed by atoms with E-state index in [9.17, 15) is 28.4 Å².